The minimum absolute atomic E-state index is 0.113. The second-order valence-electron chi connectivity index (χ2n) is 7.01. The van der Waals surface area contributed by atoms with E-state index in [9.17, 15) is 9.59 Å². The summed E-state index contributed by atoms with van der Waals surface area (Å²) in [7, 11) is 2.07. The van der Waals surface area contributed by atoms with Gasteiger partial charge in [-0.05, 0) is 30.8 Å². The van der Waals surface area contributed by atoms with Crippen LogP contribution in [0.1, 0.15) is 18.1 Å². The zero-order valence-corrected chi connectivity index (χ0v) is 16.8. The third kappa shape index (κ3) is 5.86. The molecule has 0 atom stereocenters. The van der Waals surface area contributed by atoms with Crippen molar-refractivity contribution in [1.29, 1.82) is 0 Å². The maximum atomic E-state index is 12.4. The van der Waals surface area contributed by atoms with Crippen molar-refractivity contribution in [1.82, 2.24) is 20.0 Å². The molecule has 6 nitrogen and oxygen atoms in total. The van der Waals surface area contributed by atoms with Crippen LogP contribution in [0.25, 0.3) is 11.3 Å². The summed E-state index contributed by atoms with van der Waals surface area (Å²) in [5.41, 5.74) is 3.49. The Labute approximate surface area is 170 Å². The van der Waals surface area contributed by atoms with E-state index in [1.165, 1.54) is 16.3 Å². The Morgan fingerprint density at radius 3 is 2.55 bits per heavy atom. The normalized spacial score (nSPS) is 10.9. The highest BCUT2D eigenvalue weighted by atomic mass is 16.2. The van der Waals surface area contributed by atoms with Gasteiger partial charge in [-0.25, -0.2) is 4.68 Å². The van der Waals surface area contributed by atoms with Crippen LogP contribution in [-0.4, -0.2) is 34.2 Å². The molecule has 0 bridgehead atoms. The molecule has 1 aromatic heterocycles. The third-order valence-corrected chi connectivity index (χ3v) is 4.70. The molecule has 150 valence electrons. The fourth-order valence-corrected chi connectivity index (χ4v) is 2.98. The van der Waals surface area contributed by atoms with Crippen molar-refractivity contribution in [3.05, 3.63) is 88.2 Å². The van der Waals surface area contributed by atoms with Crippen LogP contribution < -0.4 is 10.9 Å². The van der Waals surface area contributed by atoms with E-state index in [0.29, 0.717) is 12.2 Å². The van der Waals surface area contributed by atoms with Gasteiger partial charge in [-0.3, -0.25) is 9.59 Å². The summed E-state index contributed by atoms with van der Waals surface area (Å²) in [5, 5.41) is 7.21. The summed E-state index contributed by atoms with van der Waals surface area (Å²) in [4.78, 5) is 26.7. The number of nitrogens with zero attached hydrogens (tertiary/aromatic N) is 3. The lowest BCUT2D eigenvalue weighted by Crippen LogP contribution is -2.33. The number of rotatable bonds is 8. The van der Waals surface area contributed by atoms with Crippen molar-refractivity contribution in [2.24, 2.45) is 0 Å². The van der Waals surface area contributed by atoms with Crippen molar-refractivity contribution >= 4 is 5.91 Å². The fourth-order valence-electron chi connectivity index (χ4n) is 2.98. The lowest BCUT2D eigenvalue weighted by Gasteiger charge is -2.14. The molecule has 1 heterocycles. The summed E-state index contributed by atoms with van der Waals surface area (Å²) >= 11 is 0. The second kappa shape index (κ2) is 9.80. The van der Waals surface area contributed by atoms with Crippen molar-refractivity contribution in [3.63, 3.8) is 0 Å². The molecule has 3 aromatic rings. The van der Waals surface area contributed by atoms with Gasteiger partial charge in [0.05, 0.1) is 5.69 Å². The number of hydrogen-bond donors (Lipinski definition) is 1. The van der Waals surface area contributed by atoms with Gasteiger partial charge in [-0.15, -0.1) is 0 Å². The topological polar surface area (TPSA) is 67.2 Å². The van der Waals surface area contributed by atoms with E-state index in [1.807, 2.05) is 42.5 Å². The van der Waals surface area contributed by atoms with Crippen LogP contribution in [0.2, 0.25) is 0 Å². The molecule has 1 amide bonds. The van der Waals surface area contributed by atoms with Crippen LogP contribution in [0.3, 0.4) is 0 Å². The molecule has 6 heteroatoms. The lowest BCUT2D eigenvalue weighted by atomic mass is 10.1. The number of nitrogens with one attached hydrogen (secondary N) is 1. The van der Waals surface area contributed by atoms with Crippen LogP contribution in [0, 0.1) is 0 Å². The maximum Gasteiger partial charge on any atom is 0.267 e. The Hall–Kier alpha value is -3.25. The Morgan fingerprint density at radius 1 is 1.03 bits per heavy atom. The van der Waals surface area contributed by atoms with E-state index in [2.05, 4.69) is 41.4 Å². The molecule has 2 aromatic carbocycles. The maximum absolute atomic E-state index is 12.4. The summed E-state index contributed by atoms with van der Waals surface area (Å²) in [5.74, 6) is -0.249. The number of amides is 1. The van der Waals surface area contributed by atoms with Crippen molar-refractivity contribution in [2.45, 2.75) is 26.6 Å². The first kappa shape index (κ1) is 20.5. The van der Waals surface area contributed by atoms with Crippen LogP contribution in [0.4, 0.5) is 0 Å². The van der Waals surface area contributed by atoms with Gasteiger partial charge in [0.25, 0.3) is 5.56 Å². The predicted octanol–water partition coefficient (Wildman–Crippen LogP) is 2.68. The molecule has 0 spiro atoms. The summed E-state index contributed by atoms with van der Waals surface area (Å²) in [6.45, 7) is 4.26. The van der Waals surface area contributed by atoms with E-state index >= 15 is 0 Å². The number of aromatic nitrogens is 2. The van der Waals surface area contributed by atoms with E-state index in [1.54, 1.807) is 6.07 Å². The minimum atomic E-state index is -0.301. The largest absolute Gasteiger partial charge is 0.350 e. The molecule has 3 rings (SSSR count). The zero-order valence-electron chi connectivity index (χ0n) is 16.8. The van der Waals surface area contributed by atoms with Crippen molar-refractivity contribution < 1.29 is 4.79 Å². The molecular formula is C23H26N4O2. The van der Waals surface area contributed by atoms with E-state index < -0.39 is 0 Å². The molecule has 0 aliphatic carbocycles. The first-order valence-electron chi connectivity index (χ1n) is 9.72. The van der Waals surface area contributed by atoms with Gasteiger partial charge in [-0.1, -0.05) is 61.5 Å². The lowest BCUT2D eigenvalue weighted by molar-refractivity contribution is -0.122. The number of carbonyl (C=O) groups is 1. The van der Waals surface area contributed by atoms with Crippen molar-refractivity contribution in [3.8, 4) is 11.3 Å². The third-order valence-electron chi connectivity index (χ3n) is 4.70. The van der Waals surface area contributed by atoms with Gasteiger partial charge in [0.15, 0.2) is 0 Å². The van der Waals surface area contributed by atoms with Gasteiger partial charge in [0.1, 0.15) is 6.54 Å². The highest BCUT2D eigenvalue weighted by Gasteiger charge is 2.08. The second-order valence-corrected chi connectivity index (χ2v) is 7.01. The molecule has 0 unspecified atom stereocenters. The summed E-state index contributed by atoms with van der Waals surface area (Å²) < 4.78 is 1.20. The predicted molar refractivity (Wildman–Crippen MR) is 114 cm³/mol. The van der Waals surface area contributed by atoms with Crippen LogP contribution in [-0.2, 0) is 24.4 Å². The fraction of sp³-hybridized carbons (Fsp3) is 0.261. The smallest absolute Gasteiger partial charge is 0.267 e. The van der Waals surface area contributed by atoms with Gasteiger partial charge in [0.2, 0.25) is 5.91 Å². The van der Waals surface area contributed by atoms with Gasteiger partial charge < -0.3 is 10.2 Å². The van der Waals surface area contributed by atoms with Crippen LogP contribution >= 0.6 is 0 Å². The van der Waals surface area contributed by atoms with Gasteiger partial charge >= 0.3 is 0 Å². The molecule has 0 saturated heterocycles. The quantitative estimate of drug-likeness (QED) is 0.642. The molecule has 0 radical (unpaired) electrons. The SMILES string of the molecule is CCN(C)Cc1cccc(CNC(=O)Cn2nc(-c3ccccc3)ccc2=O)c1. The molecule has 0 aliphatic heterocycles. The van der Waals surface area contributed by atoms with E-state index in [0.717, 1.165) is 24.2 Å². The number of hydrogen-bond acceptors (Lipinski definition) is 4. The first-order valence-corrected chi connectivity index (χ1v) is 9.72. The highest BCUT2D eigenvalue weighted by molar-refractivity contribution is 5.75. The average molecular weight is 390 g/mol. The zero-order chi connectivity index (χ0) is 20.6. The summed E-state index contributed by atoms with van der Waals surface area (Å²) in [6, 6.07) is 20.8. The van der Waals surface area contributed by atoms with Crippen LogP contribution in [0.15, 0.2) is 71.5 Å². The molecule has 0 aliphatic rings. The Morgan fingerprint density at radius 2 is 1.79 bits per heavy atom. The molecule has 0 saturated carbocycles. The van der Waals surface area contributed by atoms with Crippen LogP contribution in [0.5, 0.6) is 0 Å². The van der Waals surface area contributed by atoms with E-state index in [4.69, 9.17) is 0 Å². The summed E-state index contributed by atoms with van der Waals surface area (Å²) in [6.07, 6.45) is 0. The van der Waals surface area contributed by atoms with Crippen molar-refractivity contribution in [2.75, 3.05) is 13.6 Å². The average Bonchev–Trinajstić information content (AvgIpc) is 2.74. The monoisotopic (exact) mass is 390 g/mol. The Balaban J connectivity index is 1.63. The standard InChI is InChI=1S/C23H26N4O2/c1-3-26(2)16-19-9-7-8-18(14-19)15-24-22(28)17-27-23(29)13-12-21(25-27)20-10-5-4-6-11-20/h4-14H,3,15-17H2,1-2H3,(H,24,28). The molecule has 29 heavy (non-hydrogen) atoms. The minimum Gasteiger partial charge on any atom is -0.350 e. The Kier molecular flexibility index (Phi) is 6.92. The first-order chi connectivity index (χ1) is 14.0. The molecule has 1 N–H and O–H groups in total. The highest BCUT2D eigenvalue weighted by Crippen LogP contribution is 2.14. The molecular weight excluding hydrogens is 364 g/mol. The van der Waals surface area contributed by atoms with Gasteiger partial charge in [-0.2, -0.15) is 5.10 Å². The van der Waals surface area contributed by atoms with E-state index in [-0.39, 0.29) is 18.0 Å². The van der Waals surface area contributed by atoms with Gasteiger partial charge in [0, 0.05) is 24.7 Å². The number of carbonyl (C=O) groups excluding carboxylic acids is 1. The molecule has 0 fully saturated rings. The Bertz CT molecular complexity index is 1010. The number of benzene rings is 2.